The Balaban J connectivity index is 2.67. The Kier molecular flexibility index (Phi) is 3.77. The summed E-state index contributed by atoms with van der Waals surface area (Å²) in [4.78, 5) is 0. The maximum Gasteiger partial charge on any atom is 0.0348 e. The van der Waals surface area contributed by atoms with Crippen LogP contribution in [0.4, 0.5) is 0 Å². The first-order valence-corrected chi connectivity index (χ1v) is 4.38. The van der Waals surface area contributed by atoms with Crippen molar-refractivity contribution < 1.29 is 0 Å². The van der Waals surface area contributed by atoms with E-state index < -0.39 is 0 Å². The van der Waals surface area contributed by atoms with E-state index in [0.717, 1.165) is 13.0 Å². The van der Waals surface area contributed by atoms with E-state index in [9.17, 15) is 0 Å². The SMILES string of the molecule is CCCc1cccc(CNN)c1. The van der Waals surface area contributed by atoms with Crippen molar-refractivity contribution in [3.05, 3.63) is 35.4 Å². The van der Waals surface area contributed by atoms with Crippen molar-refractivity contribution in [3.63, 3.8) is 0 Å². The van der Waals surface area contributed by atoms with Gasteiger partial charge in [0.05, 0.1) is 0 Å². The molecule has 3 N–H and O–H groups in total. The van der Waals surface area contributed by atoms with Crippen molar-refractivity contribution in [2.75, 3.05) is 0 Å². The predicted octanol–water partition coefficient (Wildman–Crippen LogP) is 1.60. The van der Waals surface area contributed by atoms with Crippen LogP contribution >= 0.6 is 0 Å². The number of aryl methyl sites for hydroxylation is 1. The molecule has 0 saturated heterocycles. The summed E-state index contributed by atoms with van der Waals surface area (Å²) in [5, 5.41) is 0. The lowest BCUT2D eigenvalue weighted by Crippen LogP contribution is -2.20. The van der Waals surface area contributed by atoms with E-state index in [1.165, 1.54) is 17.5 Å². The van der Waals surface area contributed by atoms with Crippen LogP contribution in [0, 0.1) is 0 Å². The number of hydrogen-bond donors (Lipinski definition) is 2. The molecule has 0 radical (unpaired) electrons. The molecule has 0 saturated carbocycles. The minimum atomic E-state index is 0.748. The summed E-state index contributed by atoms with van der Waals surface area (Å²) in [7, 11) is 0. The average Bonchev–Trinajstić information content (AvgIpc) is 2.06. The molecule has 2 nitrogen and oxygen atoms in total. The van der Waals surface area contributed by atoms with Gasteiger partial charge in [0.25, 0.3) is 0 Å². The first kappa shape index (κ1) is 9.23. The van der Waals surface area contributed by atoms with Crippen LogP contribution in [0.25, 0.3) is 0 Å². The molecule has 0 spiro atoms. The third-order valence-corrected chi connectivity index (χ3v) is 1.84. The van der Waals surface area contributed by atoms with E-state index in [0.29, 0.717) is 0 Å². The Morgan fingerprint density at radius 3 is 2.75 bits per heavy atom. The van der Waals surface area contributed by atoms with Gasteiger partial charge in [0, 0.05) is 6.54 Å². The monoisotopic (exact) mass is 164 g/mol. The quantitative estimate of drug-likeness (QED) is 0.524. The molecular formula is C10H16N2. The molecule has 1 aromatic carbocycles. The molecule has 0 aliphatic rings. The summed E-state index contributed by atoms with van der Waals surface area (Å²) < 4.78 is 0. The molecule has 0 aliphatic carbocycles. The van der Waals surface area contributed by atoms with Gasteiger partial charge in [0.2, 0.25) is 0 Å². The van der Waals surface area contributed by atoms with Gasteiger partial charge in [0.1, 0.15) is 0 Å². The molecule has 1 rings (SSSR count). The van der Waals surface area contributed by atoms with Crippen molar-refractivity contribution in [2.24, 2.45) is 5.84 Å². The van der Waals surface area contributed by atoms with Gasteiger partial charge in [-0.15, -0.1) is 0 Å². The lowest BCUT2D eigenvalue weighted by molar-refractivity contribution is 0.739. The molecule has 66 valence electrons. The van der Waals surface area contributed by atoms with Gasteiger partial charge in [0.15, 0.2) is 0 Å². The van der Waals surface area contributed by atoms with Crippen molar-refractivity contribution in [3.8, 4) is 0 Å². The van der Waals surface area contributed by atoms with Gasteiger partial charge in [-0.1, -0.05) is 37.6 Å². The zero-order chi connectivity index (χ0) is 8.81. The molecule has 0 heterocycles. The minimum Gasteiger partial charge on any atom is -0.271 e. The Morgan fingerprint density at radius 2 is 2.08 bits per heavy atom. The third-order valence-electron chi connectivity index (χ3n) is 1.84. The fraction of sp³-hybridized carbons (Fsp3) is 0.400. The summed E-state index contributed by atoms with van der Waals surface area (Å²) in [5.74, 6) is 5.23. The smallest absolute Gasteiger partial charge is 0.0348 e. The van der Waals surface area contributed by atoms with E-state index in [1.54, 1.807) is 0 Å². The largest absolute Gasteiger partial charge is 0.271 e. The highest BCUT2D eigenvalue weighted by Crippen LogP contribution is 2.06. The highest BCUT2D eigenvalue weighted by atomic mass is 15.2. The molecule has 0 aromatic heterocycles. The van der Waals surface area contributed by atoms with Crippen LogP contribution in [0.15, 0.2) is 24.3 Å². The lowest BCUT2D eigenvalue weighted by Gasteiger charge is -2.02. The Labute approximate surface area is 73.8 Å². The zero-order valence-corrected chi connectivity index (χ0v) is 7.51. The number of nitrogens with two attached hydrogens (primary N) is 1. The van der Waals surface area contributed by atoms with Crippen LogP contribution < -0.4 is 11.3 Å². The Morgan fingerprint density at radius 1 is 1.33 bits per heavy atom. The van der Waals surface area contributed by atoms with Crippen molar-refractivity contribution in [2.45, 2.75) is 26.3 Å². The number of rotatable bonds is 4. The van der Waals surface area contributed by atoms with Gasteiger partial charge >= 0.3 is 0 Å². The second kappa shape index (κ2) is 4.91. The first-order valence-electron chi connectivity index (χ1n) is 4.38. The van der Waals surface area contributed by atoms with Crippen LogP contribution in [0.3, 0.4) is 0 Å². The van der Waals surface area contributed by atoms with Gasteiger partial charge in [-0.3, -0.25) is 11.3 Å². The predicted molar refractivity (Wildman–Crippen MR) is 51.5 cm³/mol. The fourth-order valence-electron chi connectivity index (χ4n) is 1.30. The minimum absolute atomic E-state index is 0.748. The van der Waals surface area contributed by atoms with E-state index in [2.05, 4.69) is 36.6 Å². The fourth-order valence-corrected chi connectivity index (χ4v) is 1.30. The molecule has 0 aliphatic heterocycles. The molecule has 0 bridgehead atoms. The van der Waals surface area contributed by atoms with Crippen LogP contribution in [-0.2, 0) is 13.0 Å². The third kappa shape index (κ3) is 2.64. The topological polar surface area (TPSA) is 38.0 Å². The molecule has 2 heteroatoms. The summed E-state index contributed by atoms with van der Waals surface area (Å²) in [6.07, 6.45) is 2.35. The highest BCUT2D eigenvalue weighted by Gasteiger charge is 1.93. The molecule has 0 amide bonds. The van der Waals surface area contributed by atoms with E-state index in [4.69, 9.17) is 5.84 Å². The van der Waals surface area contributed by atoms with Crippen LogP contribution in [0.1, 0.15) is 24.5 Å². The Hall–Kier alpha value is -0.860. The number of hydrogen-bond acceptors (Lipinski definition) is 2. The standard InChI is InChI=1S/C10H16N2/c1-2-4-9-5-3-6-10(7-9)8-12-11/h3,5-7,12H,2,4,8,11H2,1H3. The van der Waals surface area contributed by atoms with Crippen LogP contribution in [0.5, 0.6) is 0 Å². The van der Waals surface area contributed by atoms with Gasteiger partial charge in [-0.25, -0.2) is 0 Å². The number of nitrogens with one attached hydrogen (secondary N) is 1. The highest BCUT2D eigenvalue weighted by molar-refractivity contribution is 5.23. The molecule has 0 unspecified atom stereocenters. The Bertz CT molecular complexity index is 212. The van der Waals surface area contributed by atoms with E-state index in [-0.39, 0.29) is 0 Å². The van der Waals surface area contributed by atoms with Crippen molar-refractivity contribution in [1.29, 1.82) is 0 Å². The second-order valence-corrected chi connectivity index (χ2v) is 2.95. The van der Waals surface area contributed by atoms with E-state index >= 15 is 0 Å². The van der Waals surface area contributed by atoms with Gasteiger partial charge in [-0.2, -0.15) is 0 Å². The molecule has 0 fully saturated rings. The molecule has 1 aromatic rings. The summed E-state index contributed by atoms with van der Waals surface area (Å²) in [6.45, 7) is 2.94. The molecular weight excluding hydrogens is 148 g/mol. The van der Waals surface area contributed by atoms with Crippen molar-refractivity contribution >= 4 is 0 Å². The maximum absolute atomic E-state index is 5.23. The van der Waals surface area contributed by atoms with Crippen LogP contribution in [0.2, 0.25) is 0 Å². The summed E-state index contributed by atoms with van der Waals surface area (Å²) in [5.41, 5.74) is 5.30. The molecule has 12 heavy (non-hydrogen) atoms. The van der Waals surface area contributed by atoms with Crippen molar-refractivity contribution in [1.82, 2.24) is 5.43 Å². The van der Waals surface area contributed by atoms with E-state index in [1.807, 2.05) is 0 Å². The van der Waals surface area contributed by atoms with Crippen LogP contribution in [-0.4, -0.2) is 0 Å². The zero-order valence-electron chi connectivity index (χ0n) is 7.51. The lowest BCUT2D eigenvalue weighted by atomic mass is 10.1. The number of benzene rings is 1. The average molecular weight is 164 g/mol. The summed E-state index contributed by atoms with van der Waals surface area (Å²) >= 11 is 0. The number of hydrazine groups is 1. The second-order valence-electron chi connectivity index (χ2n) is 2.95. The first-order chi connectivity index (χ1) is 5.86. The summed E-state index contributed by atoms with van der Waals surface area (Å²) in [6, 6.07) is 8.52. The van der Waals surface area contributed by atoms with Gasteiger partial charge in [-0.05, 0) is 17.5 Å². The normalized spacial score (nSPS) is 10.2. The maximum atomic E-state index is 5.23. The molecule has 0 atom stereocenters. The van der Waals surface area contributed by atoms with Gasteiger partial charge < -0.3 is 0 Å².